The molecule has 0 unspecified atom stereocenters. The van der Waals surface area contributed by atoms with Crippen LogP contribution < -0.4 is 10.6 Å². The van der Waals surface area contributed by atoms with Crippen LogP contribution in [0.2, 0.25) is 0 Å². The molecule has 0 spiro atoms. The number of unbranched alkanes of at least 4 members (excludes halogenated alkanes) is 6. The second-order valence-corrected chi connectivity index (χ2v) is 15.3. The van der Waals surface area contributed by atoms with Crippen LogP contribution in [0.1, 0.15) is 103 Å². The molecule has 0 fully saturated rings. The topological polar surface area (TPSA) is 76.7 Å². The molecule has 0 atom stereocenters. The normalized spacial score (nSPS) is 11.4. The Morgan fingerprint density at radius 3 is 1.30 bits per heavy atom. The summed E-state index contributed by atoms with van der Waals surface area (Å²) in [6.45, 7) is 12.6. The minimum absolute atomic E-state index is 0.319. The van der Waals surface area contributed by atoms with Crippen molar-refractivity contribution >= 4 is 66.7 Å². The first-order valence-electron chi connectivity index (χ1n) is 14.1. The fraction of sp³-hybridized carbons (Fsp3) is 0.667. The van der Waals surface area contributed by atoms with Crippen molar-refractivity contribution in [1.82, 2.24) is 10.6 Å². The van der Waals surface area contributed by atoms with Crippen molar-refractivity contribution in [2.24, 2.45) is 0 Å². The number of carbonyl (C=O) groups excluding carboxylic acids is 2. The Bertz CT molecular complexity index is 903. The quantitative estimate of drug-likeness (QED) is 0.190. The van der Waals surface area contributed by atoms with E-state index in [9.17, 15) is 9.59 Å². The number of halogens is 2. The zero-order valence-electron chi connectivity index (χ0n) is 25.0. The minimum atomic E-state index is -0.418. The summed E-state index contributed by atoms with van der Waals surface area (Å²) in [7, 11) is 0. The van der Waals surface area contributed by atoms with Gasteiger partial charge in [-0.05, 0) is 135 Å². The van der Waals surface area contributed by atoms with Crippen LogP contribution in [-0.2, 0) is 22.3 Å². The zero-order valence-corrected chi connectivity index (χ0v) is 29.8. The van der Waals surface area contributed by atoms with Gasteiger partial charge in [0, 0.05) is 31.8 Å². The van der Waals surface area contributed by atoms with Gasteiger partial charge in [0.15, 0.2) is 0 Å². The number of carbonyl (C=O) groups is 2. The van der Waals surface area contributed by atoms with Gasteiger partial charge in [-0.1, -0.05) is 25.7 Å². The van der Waals surface area contributed by atoms with Crippen LogP contribution in [0.25, 0.3) is 0 Å². The van der Waals surface area contributed by atoms with Gasteiger partial charge in [-0.15, -0.1) is 22.7 Å². The first kappa shape index (κ1) is 36.9. The fourth-order valence-corrected chi connectivity index (χ4v) is 6.74. The SMILES string of the molecule is CC(C)(C)OC(=O)NCCCCCCc1sccc1Br.CC(C)(C)OC(=O)NCCCCCCc1sccc1Br. The first-order chi connectivity index (χ1) is 18.8. The van der Waals surface area contributed by atoms with E-state index < -0.39 is 11.2 Å². The van der Waals surface area contributed by atoms with Crippen molar-refractivity contribution in [3.8, 4) is 0 Å². The fourth-order valence-electron chi connectivity index (χ4n) is 3.54. The Morgan fingerprint density at radius 1 is 0.650 bits per heavy atom. The molecular formula is C30H48Br2N2O4S2. The van der Waals surface area contributed by atoms with E-state index >= 15 is 0 Å². The number of rotatable bonds is 14. The summed E-state index contributed by atoms with van der Waals surface area (Å²) in [4.78, 5) is 25.7. The van der Waals surface area contributed by atoms with Gasteiger partial charge >= 0.3 is 12.2 Å². The van der Waals surface area contributed by atoms with E-state index in [0.717, 1.165) is 38.5 Å². The molecular weight excluding hydrogens is 676 g/mol. The number of ether oxygens (including phenoxy) is 2. The van der Waals surface area contributed by atoms with Gasteiger partial charge in [0.2, 0.25) is 0 Å². The van der Waals surface area contributed by atoms with Crippen molar-refractivity contribution in [3.05, 3.63) is 41.6 Å². The monoisotopic (exact) mass is 722 g/mol. The molecule has 0 saturated heterocycles. The Labute approximate surface area is 266 Å². The number of hydrogen-bond acceptors (Lipinski definition) is 6. The second-order valence-electron chi connectivity index (χ2n) is 11.6. The maximum absolute atomic E-state index is 11.4. The number of alkyl carbamates (subject to hydrolysis) is 2. The minimum Gasteiger partial charge on any atom is -0.444 e. The van der Waals surface area contributed by atoms with E-state index in [1.54, 1.807) is 22.7 Å². The van der Waals surface area contributed by atoms with Gasteiger partial charge in [0.05, 0.1) is 0 Å². The number of amides is 2. The Kier molecular flexibility index (Phi) is 18.4. The average molecular weight is 725 g/mol. The lowest BCUT2D eigenvalue weighted by molar-refractivity contribution is 0.0515. The van der Waals surface area contributed by atoms with Gasteiger partial charge in [-0.3, -0.25) is 0 Å². The van der Waals surface area contributed by atoms with E-state index in [4.69, 9.17) is 9.47 Å². The summed E-state index contributed by atoms with van der Waals surface area (Å²) in [5.41, 5.74) is -0.837. The van der Waals surface area contributed by atoms with E-state index in [1.165, 1.54) is 44.4 Å². The van der Waals surface area contributed by atoms with Crippen LogP contribution >= 0.6 is 54.5 Å². The second kappa shape index (κ2) is 19.9. The van der Waals surface area contributed by atoms with Gasteiger partial charge in [0.1, 0.15) is 11.2 Å². The molecule has 2 N–H and O–H groups in total. The van der Waals surface area contributed by atoms with Crippen LogP contribution in [0.5, 0.6) is 0 Å². The van der Waals surface area contributed by atoms with E-state index in [1.807, 2.05) is 41.5 Å². The molecule has 2 rings (SSSR count). The molecule has 2 heterocycles. The van der Waals surface area contributed by atoms with Crippen molar-refractivity contribution in [1.29, 1.82) is 0 Å². The van der Waals surface area contributed by atoms with E-state index in [0.29, 0.717) is 13.1 Å². The maximum Gasteiger partial charge on any atom is 0.407 e. The van der Waals surface area contributed by atoms with E-state index in [2.05, 4.69) is 65.4 Å². The Morgan fingerprint density at radius 2 is 1.00 bits per heavy atom. The Hall–Kier alpha value is -1.10. The molecule has 2 aromatic rings. The number of aryl methyl sites for hydroxylation is 2. The lowest BCUT2D eigenvalue weighted by atomic mass is 10.1. The highest BCUT2D eigenvalue weighted by molar-refractivity contribution is 9.10. The van der Waals surface area contributed by atoms with Gasteiger partial charge in [-0.2, -0.15) is 0 Å². The zero-order chi connectivity index (χ0) is 30.0. The summed E-state index contributed by atoms with van der Waals surface area (Å²) in [5.74, 6) is 0. The molecule has 0 aliphatic rings. The smallest absolute Gasteiger partial charge is 0.407 e. The molecule has 0 aliphatic heterocycles. The van der Waals surface area contributed by atoms with Gasteiger partial charge < -0.3 is 20.1 Å². The van der Waals surface area contributed by atoms with Crippen molar-refractivity contribution in [3.63, 3.8) is 0 Å². The molecule has 228 valence electrons. The van der Waals surface area contributed by atoms with Gasteiger partial charge in [-0.25, -0.2) is 9.59 Å². The standard InChI is InChI=1S/2C15H24BrNO2S/c2*1-15(2,3)19-14(18)17-10-7-5-4-6-8-13-12(16)9-11-20-13/h2*9,11H,4-8,10H2,1-3H3,(H,17,18). The molecule has 10 heteroatoms. The molecule has 0 bridgehead atoms. The van der Waals surface area contributed by atoms with Crippen LogP contribution in [0.4, 0.5) is 9.59 Å². The number of hydrogen-bond donors (Lipinski definition) is 2. The van der Waals surface area contributed by atoms with Gasteiger partial charge in [0.25, 0.3) is 0 Å². The molecule has 0 aromatic carbocycles. The summed E-state index contributed by atoms with van der Waals surface area (Å²) in [6, 6.07) is 4.20. The third-order valence-electron chi connectivity index (χ3n) is 5.38. The predicted octanol–water partition coefficient (Wildman–Crippen LogP) is 10.3. The maximum atomic E-state index is 11.4. The molecule has 0 saturated carbocycles. The van der Waals surface area contributed by atoms with Crippen LogP contribution in [0.3, 0.4) is 0 Å². The molecule has 6 nitrogen and oxygen atoms in total. The first-order valence-corrected chi connectivity index (χ1v) is 17.5. The highest BCUT2D eigenvalue weighted by Gasteiger charge is 2.16. The lowest BCUT2D eigenvalue weighted by Gasteiger charge is -2.19. The largest absolute Gasteiger partial charge is 0.444 e. The Balaban J connectivity index is 0.000000400. The van der Waals surface area contributed by atoms with Crippen molar-refractivity contribution < 1.29 is 19.1 Å². The highest BCUT2D eigenvalue weighted by atomic mass is 79.9. The molecule has 0 radical (unpaired) electrons. The van der Waals surface area contributed by atoms with Crippen LogP contribution in [0, 0.1) is 0 Å². The summed E-state index contributed by atoms with van der Waals surface area (Å²) < 4.78 is 12.8. The van der Waals surface area contributed by atoms with Crippen LogP contribution in [0.15, 0.2) is 31.8 Å². The van der Waals surface area contributed by atoms with Crippen LogP contribution in [-0.4, -0.2) is 36.5 Å². The summed E-state index contributed by atoms with van der Waals surface area (Å²) in [6.07, 6.45) is 10.7. The highest BCUT2D eigenvalue weighted by Crippen LogP contribution is 2.25. The average Bonchev–Trinajstić information content (AvgIpc) is 3.43. The van der Waals surface area contributed by atoms with E-state index in [-0.39, 0.29) is 12.2 Å². The lowest BCUT2D eigenvalue weighted by Crippen LogP contribution is -2.33. The summed E-state index contributed by atoms with van der Waals surface area (Å²) >= 11 is 10.7. The van der Waals surface area contributed by atoms with Crippen molar-refractivity contribution in [2.75, 3.05) is 13.1 Å². The number of nitrogens with one attached hydrogen (secondary N) is 2. The molecule has 2 aromatic heterocycles. The predicted molar refractivity (Wildman–Crippen MR) is 177 cm³/mol. The third kappa shape index (κ3) is 19.9. The summed E-state index contributed by atoms with van der Waals surface area (Å²) in [5, 5.41) is 9.80. The molecule has 40 heavy (non-hydrogen) atoms. The third-order valence-corrected chi connectivity index (χ3v) is 9.35. The molecule has 0 aliphatic carbocycles. The van der Waals surface area contributed by atoms with Crippen molar-refractivity contribution in [2.45, 2.75) is 117 Å². The number of thiophene rings is 2. The molecule has 2 amide bonds.